The van der Waals surface area contributed by atoms with Gasteiger partial charge in [-0.05, 0) is 6.07 Å². The Morgan fingerprint density at radius 1 is 1.33 bits per heavy atom. The van der Waals surface area contributed by atoms with Crippen LogP contribution in [0.1, 0.15) is 16.2 Å². The molecule has 2 heterocycles. The van der Waals surface area contributed by atoms with E-state index in [0.29, 0.717) is 10.7 Å². The second-order valence-corrected chi connectivity index (χ2v) is 4.57. The highest BCUT2D eigenvalue weighted by Crippen LogP contribution is 2.25. The van der Waals surface area contributed by atoms with Crippen LogP contribution in [-0.4, -0.2) is 27.1 Å². The fourth-order valence-electron chi connectivity index (χ4n) is 1.85. The third-order valence-electron chi connectivity index (χ3n) is 2.82. The fraction of sp³-hybridized carbons (Fsp3) is 0. The molecule has 0 saturated heterocycles. The summed E-state index contributed by atoms with van der Waals surface area (Å²) in [6, 6.07) is 7.63. The molecule has 2 N–H and O–H groups in total. The summed E-state index contributed by atoms with van der Waals surface area (Å²) in [6.07, 6.45) is 5.74. The first-order valence-electron chi connectivity index (χ1n) is 6.11. The number of rotatable bonds is 3. The second-order valence-electron chi connectivity index (χ2n) is 4.19. The molecule has 3 aromatic rings. The quantitative estimate of drug-likeness (QED) is 0.575. The Kier molecular flexibility index (Phi) is 3.61. The fourth-order valence-corrected chi connectivity index (χ4v) is 2.11. The number of fused-ring (bicyclic) bond motifs is 1. The number of hydrogen-bond acceptors (Lipinski definition) is 4. The summed E-state index contributed by atoms with van der Waals surface area (Å²) >= 11 is 6.23. The molecule has 0 radical (unpaired) electrons. The number of aromatic amines is 1. The topological polar surface area (TPSA) is 83.0 Å². The largest absolute Gasteiger partial charge is 0.352 e. The van der Waals surface area contributed by atoms with Crippen molar-refractivity contribution in [3.8, 4) is 0 Å². The number of hydrazone groups is 1. The zero-order valence-electron chi connectivity index (χ0n) is 10.7. The lowest BCUT2D eigenvalue weighted by atomic mass is 10.2. The molecule has 7 heteroatoms. The molecule has 0 aliphatic heterocycles. The summed E-state index contributed by atoms with van der Waals surface area (Å²) in [5.74, 6) is -0.438. The van der Waals surface area contributed by atoms with E-state index in [1.807, 2.05) is 24.3 Å². The lowest BCUT2D eigenvalue weighted by molar-refractivity contribution is 0.0949. The van der Waals surface area contributed by atoms with E-state index in [1.54, 1.807) is 0 Å². The van der Waals surface area contributed by atoms with E-state index in [1.165, 1.54) is 24.8 Å². The first kappa shape index (κ1) is 13.3. The van der Waals surface area contributed by atoms with Crippen molar-refractivity contribution >= 4 is 34.6 Å². The third-order valence-corrected chi connectivity index (χ3v) is 3.23. The number of halogens is 1. The Hall–Kier alpha value is -2.73. The predicted octanol–water partition coefficient (Wildman–Crippen LogP) is 2.38. The van der Waals surface area contributed by atoms with Crippen molar-refractivity contribution in [2.75, 3.05) is 0 Å². The van der Waals surface area contributed by atoms with Crippen LogP contribution in [0, 0.1) is 0 Å². The molecular formula is C14H10ClN5O. The molecule has 0 spiro atoms. The summed E-state index contributed by atoms with van der Waals surface area (Å²) < 4.78 is 0. The van der Waals surface area contributed by atoms with Gasteiger partial charge >= 0.3 is 0 Å². The number of para-hydroxylation sites is 1. The van der Waals surface area contributed by atoms with Gasteiger partial charge in [-0.2, -0.15) is 5.10 Å². The maximum atomic E-state index is 11.7. The van der Waals surface area contributed by atoms with Crippen LogP contribution in [0.3, 0.4) is 0 Å². The number of benzene rings is 1. The van der Waals surface area contributed by atoms with Gasteiger partial charge in [-0.1, -0.05) is 29.8 Å². The molecule has 1 aromatic carbocycles. The summed E-state index contributed by atoms with van der Waals surface area (Å²) in [7, 11) is 0. The Labute approximate surface area is 124 Å². The summed E-state index contributed by atoms with van der Waals surface area (Å²) in [6.45, 7) is 0. The van der Waals surface area contributed by atoms with Gasteiger partial charge in [0.2, 0.25) is 0 Å². The number of carbonyl (C=O) groups is 1. The van der Waals surface area contributed by atoms with E-state index < -0.39 is 5.91 Å². The lowest BCUT2D eigenvalue weighted by Crippen LogP contribution is -2.19. The van der Waals surface area contributed by atoms with E-state index in [0.717, 1.165) is 10.9 Å². The molecule has 104 valence electrons. The third kappa shape index (κ3) is 2.75. The van der Waals surface area contributed by atoms with Gasteiger partial charge in [0.15, 0.2) is 0 Å². The van der Waals surface area contributed by atoms with Crippen LogP contribution in [0.5, 0.6) is 0 Å². The molecule has 0 unspecified atom stereocenters. The van der Waals surface area contributed by atoms with E-state index in [-0.39, 0.29) is 5.69 Å². The van der Waals surface area contributed by atoms with Crippen LogP contribution in [0.15, 0.2) is 48.0 Å². The second kappa shape index (κ2) is 5.72. The number of nitrogens with zero attached hydrogens (tertiary/aromatic N) is 3. The van der Waals surface area contributed by atoms with E-state index in [4.69, 9.17) is 11.6 Å². The van der Waals surface area contributed by atoms with Gasteiger partial charge in [-0.3, -0.25) is 9.78 Å². The predicted molar refractivity (Wildman–Crippen MR) is 80.4 cm³/mol. The van der Waals surface area contributed by atoms with Gasteiger partial charge in [0.25, 0.3) is 5.91 Å². The first-order chi connectivity index (χ1) is 10.3. The van der Waals surface area contributed by atoms with Crippen molar-refractivity contribution in [2.45, 2.75) is 0 Å². The van der Waals surface area contributed by atoms with Crippen molar-refractivity contribution in [1.29, 1.82) is 0 Å². The average Bonchev–Trinajstić information content (AvgIpc) is 2.85. The molecule has 0 aliphatic carbocycles. The van der Waals surface area contributed by atoms with Crippen LogP contribution in [0.25, 0.3) is 10.9 Å². The highest BCUT2D eigenvalue weighted by molar-refractivity contribution is 6.38. The van der Waals surface area contributed by atoms with Gasteiger partial charge in [-0.15, -0.1) is 0 Å². The van der Waals surface area contributed by atoms with Crippen LogP contribution >= 0.6 is 11.6 Å². The summed E-state index contributed by atoms with van der Waals surface area (Å²) in [5, 5.41) is 5.33. The molecule has 1 amide bonds. The SMILES string of the molecule is O=C(N/N=C/c1[nH]c2ccccc2c1Cl)c1cnccn1. The molecule has 0 bridgehead atoms. The molecule has 3 rings (SSSR count). The van der Waals surface area contributed by atoms with Gasteiger partial charge < -0.3 is 4.98 Å². The molecule has 6 nitrogen and oxygen atoms in total. The molecule has 0 atom stereocenters. The Morgan fingerprint density at radius 2 is 2.19 bits per heavy atom. The zero-order valence-corrected chi connectivity index (χ0v) is 11.5. The van der Waals surface area contributed by atoms with Crippen LogP contribution in [0.4, 0.5) is 0 Å². The van der Waals surface area contributed by atoms with Gasteiger partial charge in [0, 0.05) is 23.3 Å². The minimum absolute atomic E-state index is 0.192. The van der Waals surface area contributed by atoms with Crippen LogP contribution < -0.4 is 5.43 Å². The minimum Gasteiger partial charge on any atom is -0.352 e. The van der Waals surface area contributed by atoms with Crippen molar-refractivity contribution in [3.05, 3.63) is 59.3 Å². The molecule has 0 aliphatic rings. The smallest absolute Gasteiger partial charge is 0.291 e. The minimum atomic E-state index is -0.438. The Morgan fingerprint density at radius 3 is 2.95 bits per heavy atom. The molecule has 0 fully saturated rings. The van der Waals surface area contributed by atoms with Gasteiger partial charge in [0.1, 0.15) is 5.69 Å². The zero-order chi connectivity index (χ0) is 14.7. The van der Waals surface area contributed by atoms with Crippen LogP contribution in [0.2, 0.25) is 5.02 Å². The molecule has 2 aromatic heterocycles. The average molecular weight is 300 g/mol. The van der Waals surface area contributed by atoms with E-state index in [9.17, 15) is 4.79 Å². The number of aromatic nitrogens is 3. The monoisotopic (exact) mass is 299 g/mol. The molecule has 21 heavy (non-hydrogen) atoms. The first-order valence-corrected chi connectivity index (χ1v) is 6.49. The molecule has 0 saturated carbocycles. The highest BCUT2D eigenvalue weighted by Gasteiger charge is 2.08. The van der Waals surface area contributed by atoms with E-state index >= 15 is 0 Å². The van der Waals surface area contributed by atoms with Crippen molar-refractivity contribution in [2.24, 2.45) is 5.10 Å². The van der Waals surface area contributed by atoms with E-state index in [2.05, 4.69) is 25.5 Å². The summed E-state index contributed by atoms with van der Waals surface area (Å²) in [5.41, 5.74) is 4.09. The number of H-pyrrole nitrogens is 1. The Bertz CT molecular complexity index is 813. The van der Waals surface area contributed by atoms with Crippen LogP contribution in [-0.2, 0) is 0 Å². The number of nitrogens with one attached hydrogen (secondary N) is 2. The van der Waals surface area contributed by atoms with Crippen molar-refractivity contribution < 1.29 is 4.79 Å². The van der Waals surface area contributed by atoms with Gasteiger partial charge in [-0.25, -0.2) is 10.4 Å². The van der Waals surface area contributed by atoms with Crippen molar-refractivity contribution in [3.63, 3.8) is 0 Å². The molecular weight excluding hydrogens is 290 g/mol. The normalized spacial score (nSPS) is 11.1. The summed E-state index contributed by atoms with van der Waals surface area (Å²) in [4.78, 5) is 22.5. The Balaban J connectivity index is 1.76. The highest BCUT2D eigenvalue weighted by atomic mass is 35.5. The number of hydrogen-bond donors (Lipinski definition) is 2. The maximum absolute atomic E-state index is 11.7. The number of amides is 1. The van der Waals surface area contributed by atoms with Gasteiger partial charge in [0.05, 0.1) is 23.1 Å². The standard InChI is InChI=1S/C14H10ClN5O/c15-13-9-3-1-2-4-10(9)19-11(13)8-18-20-14(21)12-7-16-5-6-17-12/h1-8,19H,(H,20,21)/b18-8+. The lowest BCUT2D eigenvalue weighted by Gasteiger charge is -1.96. The van der Waals surface area contributed by atoms with Crippen molar-refractivity contribution in [1.82, 2.24) is 20.4 Å². The maximum Gasteiger partial charge on any atom is 0.291 e. The number of carbonyl (C=O) groups excluding carboxylic acids is 1.